The van der Waals surface area contributed by atoms with E-state index in [1.807, 2.05) is 20.8 Å². The first-order valence-electron chi connectivity index (χ1n) is 5.68. The average Bonchev–Trinajstić information content (AvgIpc) is 2.24. The lowest BCUT2D eigenvalue weighted by molar-refractivity contribution is -0.305. The lowest BCUT2D eigenvalue weighted by Crippen LogP contribution is -2.59. The van der Waals surface area contributed by atoms with E-state index in [1.54, 1.807) is 0 Å². The molecule has 1 rings (SSSR count). The Labute approximate surface area is 101 Å². The van der Waals surface area contributed by atoms with E-state index >= 15 is 0 Å². The Morgan fingerprint density at radius 2 is 1.65 bits per heavy atom. The van der Waals surface area contributed by atoms with Gasteiger partial charge in [-0.25, -0.2) is 0 Å². The summed E-state index contributed by atoms with van der Waals surface area (Å²) in [4.78, 5) is 0. The van der Waals surface area contributed by atoms with E-state index < -0.39 is 37.3 Å². The monoisotopic (exact) mass is 250 g/mol. The van der Waals surface area contributed by atoms with Crippen molar-refractivity contribution >= 4 is 0 Å². The number of aliphatic hydroxyl groups is 4. The van der Waals surface area contributed by atoms with Crippen molar-refractivity contribution in [1.29, 1.82) is 0 Å². The van der Waals surface area contributed by atoms with E-state index in [4.69, 9.17) is 14.6 Å². The second kappa shape index (κ2) is 5.60. The summed E-state index contributed by atoms with van der Waals surface area (Å²) >= 11 is 0. The maximum absolute atomic E-state index is 9.68. The zero-order valence-corrected chi connectivity index (χ0v) is 10.4. The van der Waals surface area contributed by atoms with Gasteiger partial charge in [-0.1, -0.05) is 20.8 Å². The summed E-state index contributed by atoms with van der Waals surface area (Å²) in [6.45, 7) is 5.75. The van der Waals surface area contributed by atoms with Crippen molar-refractivity contribution < 1.29 is 29.9 Å². The van der Waals surface area contributed by atoms with Crippen LogP contribution in [-0.2, 0) is 9.47 Å². The maximum atomic E-state index is 9.68. The van der Waals surface area contributed by atoms with Gasteiger partial charge in [0, 0.05) is 0 Å². The van der Waals surface area contributed by atoms with Crippen molar-refractivity contribution in [1.82, 2.24) is 0 Å². The van der Waals surface area contributed by atoms with E-state index in [0.717, 1.165) is 0 Å². The van der Waals surface area contributed by atoms with Crippen LogP contribution >= 0.6 is 0 Å². The van der Waals surface area contributed by atoms with Crippen molar-refractivity contribution in [3.63, 3.8) is 0 Å². The van der Waals surface area contributed by atoms with Gasteiger partial charge in [0.25, 0.3) is 0 Å². The molecule has 0 amide bonds. The molecule has 1 aliphatic heterocycles. The third-order valence-corrected chi connectivity index (χ3v) is 2.53. The van der Waals surface area contributed by atoms with E-state index in [2.05, 4.69) is 0 Å². The van der Waals surface area contributed by atoms with Gasteiger partial charge in [0.05, 0.1) is 13.2 Å². The smallest absolute Gasteiger partial charge is 0.186 e. The molecule has 4 N–H and O–H groups in total. The van der Waals surface area contributed by atoms with Gasteiger partial charge < -0.3 is 29.9 Å². The van der Waals surface area contributed by atoms with Crippen LogP contribution in [0.4, 0.5) is 0 Å². The highest BCUT2D eigenvalue weighted by atomic mass is 16.7. The molecular formula is C11H22O6. The van der Waals surface area contributed by atoms with Crippen LogP contribution in [0, 0.1) is 5.41 Å². The molecule has 1 saturated heterocycles. The molecule has 5 atom stereocenters. The zero-order valence-electron chi connectivity index (χ0n) is 10.4. The summed E-state index contributed by atoms with van der Waals surface area (Å²) in [6, 6.07) is 0. The first-order valence-corrected chi connectivity index (χ1v) is 5.68. The first-order chi connectivity index (χ1) is 7.76. The fourth-order valence-electron chi connectivity index (χ4n) is 1.54. The maximum Gasteiger partial charge on any atom is 0.186 e. The average molecular weight is 250 g/mol. The molecule has 0 aromatic heterocycles. The third kappa shape index (κ3) is 3.87. The quantitative estimate of drug-likeness (QED) is 0.505. The Bertz CT molecular complexity index is 237. The van der Waals surface area contributed by atoms with E-state index in [-0.39, 0.29) is 5.41 Å². The molecule has 5 unspecified atom stereocenters. The topological polar surface area (TPSA) is 99.4 Å². The number of ether oxygens (including phenoxy) is 2. The molecule has 17 heavy (non-hydrogen) atoms. The van der Waals surface area contributed by atoms with Gasteiger partial charge in [0.2, 0.25) is 0 Å². The van der Waals surface area contributed by atoms with Crippen molar-refractivity contribution in [2.45, 2.75) is 51.5 Å². The van der Waals surface area contributed by atoms with Gasteiger partial charge in [-0.15, -0.1) is 0 Å². The van der Waals surface area contributed by atoms with E-state index in [9.17, 15) is 15.3 Å². The third-order valence-electron chi connectivity index (χ3n) is 2.53. The van der Waals surface area contributed by atoms with Crippen LogP contribution in [0.1, 0.15) is 20.8 Å². The molecule has 0 aromatic carbocycles. The number of aliphatic hydroxyl groups excluding tert-OH is 4. The summed E-state index contributed by atoms with van der Waals surface area (Å²) in [5, 5.41) is 37.7. The van der Waals surface area contributed by atoms with Gasteiger partial charge >= 0.3 is 0 Å². The fraction of sp³-hybridized carbons (Fsp3) is 1.00. The number of rotatable bonds is 3. The number of hydrogen-bond donors (Lipinski definition) is 4. The summed E-state index contributed by atoms with van der Waals surface area (Å²) < 4.78 is 10.5. The van der Waals surface area contributed by atoms with Crippen LogP contribution in [0.5, 0.6) is 0 Å². The van der Waals surface area contributed by atoms with Crippen molar-refractivity contribution in [2.75, 3.05) is 13.2 Å². The fourth-order valence-corrected chi connectivity index (χ4v) is 1.54. The number of hydrogen-bond acceptors (Lipinski definition) is 6. The minimum absolute atomic E-state index is 0.112. The second-order valence-electron chi connectivity index (χ2n) is 5.57. The Balaban J connectivity index is 2.59. The summed E-state index contributed by atoms with van der Waals surface area (Å²) in [7, 11) is 0. The lowest BCUT2D eigenvalue weighted by atomic mass is 9.97. The molecule has 0 saturated carbocycles. The highest BCUT2D eigenvalue weighted by molar-refractivity contribution is 4.89. The molecule has 0 aromatic rings. The van der Waals surface area contributed by atoms with Crippen LogP contribution in [0.2, 0.25) is 0 Å². The Hall–Kier alpha value is -0.240. The van der Waals surface area contributed by atoms with Crippen LogP contribution in [0.25, 0.3) is 0 Å². The highest BCUT2D eigenvalue weighted by Crippen LogP contribution is 2.24. The van der Waals surface area contributed by atoms with Gasteiger partial charge in [-0.2, -0.15) is 0 Å². The standard InChI is InChI=1S/C11H22O6/c1-11(2,3)5-16-10-9(15)8(14)7(13)6(4-12)17-10/h6-10,12-15H,4-5H2,1-3H3. The van der Waals surface area contributed by atoms with E-state index in [1.165, 1.54) is 0 Å². The van der Waals surface area contributed by atoms with Gasteiger partial charge in [0.1, 0.15) is 24.4 Å². The molecule has 0 spiro atoms. The van der Waals surface area contributed by atoms with Crippen molar-refractivity contribution in [3.8, 4) is 0 Å². The van der Waals surface area contributed by atoms with E-state index in [0.29, 0.717) is 6.61 Å². The van der Waals surface area contributed by atoms with Gasteiger partial charge in [0.15, 0.2) is 6.29 Å². The molecule has 1 aliphatic rings. The SMILES string of the molecule is CC(C)(C)COC1OC(CO)C(O)C(O)C1O. The molecule has 1 heterocycles. The summed E-state index contributed by atoms with van der Waals surface area (Å²) in [5.74, 6) is 0. The zero-order chi connectivity index (χ0) is 13.2. The predicted octanol–water partition coefficient (Wildman–Crippen LogP) is -1.15. The second-order valence-corrected chi connectivity index (χ2v) is 5.57. The minimum atomic E-state index is -1.38. The normalized spacial score (nSPS) is 39.4. The molecule has 1 fully saturated rings. The Morgan fingerprint density at radius 1 is 1.06 bits per heavy atom. The van der Waals surface area contributed by atoms with Crippen LogP contribution < -0.4 is 0 Å². The van der Waals surface area contributed by atoms with Crippen LogP contribution in [-0.4, -0.2) is 64.3 Å². The molecular weight excluding hydrogens is 228 g/mol. The Morgan fingerprint density at radius 3 is 2.12 bits per heavy atom. The minimum Gasteiger partial charge on any atom is -0.394 e. The lowest BCUT2D eigenvalue weighted by Gasteiger charge is -2.40. The molecule has 102 valence electrons. The first kappa shape index (κ1) is 14.8. The largest absolute Gasteiger partial charge is 0.394 e. The Kier molecular flexibility index (Phi) is 4.88. The predicted molar refractivity (Wildman–Crippen MR) is 59.2 cm³/mol. The molecule has 6 nitrogen and oxygen atoms in total. The summed E-state index contributed by atoms with van der Waals surface area (Å²) in [5.41, 5.74) is -0.112. The van der Waals surface area contributed by atoms with Gasteiger partial charge in [-0.05, 0) is 5.41 Å². The van der Waals surface area contributed by atoms with Crippen molar-refractivity contribution in [3.05, 3.63) is 0 Å². The molecule has 6 heteroatoms. The molecule has 0 aliphatic carbocycles. The summed E-state index contributed by atoms with van der Waals surface area (Å²) in [6.07, 6.45) is -6.01. The van der Waals surface area contributed by atoms with Gasteiger partial charge in [-0.3, -0.25) is 0 Å². The van der Waals surface area contributed by atoms with Crippen LogP contribution in [0.3, 0.4) is 0 Å². The van der Waals surface area contributed by atoms with Crippen LogP contribution in [0.15, 0.2) is 0 Å². The molecule has 0 radical (unpaired) electrons. The highest BCUT2D eigenvalue weighted by Gasteiger charge is 2.44. The molecule has 0 bridgehead atoms. The van der Waals surface area contributed by atoms with Crippen molar-refractivity contribution in [2.24, 2.45) is 5.41 Å².